The molecule has 4 rings (SSSR count). The number of nitrogens with zero attached hydrogens (tertiary/aromatic N) is 1. The van der Waals surface area contributed by atoms with Crippen LogP contribution in [0.15, 0.2) is 84.9 Å². The second-order valence-electron chi connectivity index (χ2n) is 7.69. The highest BCUT2D eigenvalue weighted by molar-refractivity contribution is 5.96. The summed E-state index contributed by atoms with van der Waals surface area (Å²) in [5.74, 6) is -0.826. The smallest absolute Gasteiger partial charge is 0.254 e. The van der Waals surface area contributed by atoms with Crippen molar-refractivity contribution in [2.75, 3.05) is 6.54 Å². The van der Waals surface area contributed by atoms with E-state index in [1.165, 1.54) is 11.0 Å². The van der Waals surface area contributed by atoms with Crippen molar-refractivity contribution in [3.63, 3.8) is 0 Å². The zero-order chi connectivity index (χ0) is 22.2. The van der Waals surface area contributed by atoms with Gasteiger partial charge >= 0.3 is 0 Å². The lowest BCUT2D eigenvalue weighted by Gasteiger charge is -2.29. The van der Waals surface area contributed by atoms with Gasteiger partial charge in [-0.05, 0) is 61.1 Å². The molecule has 1 atom stereocenters. The monoisotopic (exact) mass is 418 g/mol. The van der Waals surface area contributed by atoms with E-state index in [2.05, 4.69) is 0 Å². The third-order valence-electron chi connectivity index (χ3n) is 5.22. The zero-order valence-corrected chi connectivity index (χ0v) is 17.6. The van der Waals surface area contributed by atoms with Crippen LogP contribution in [0, 0.1) is 5.82 Å². The Morgan fingerprint density at radius 1 is 0.968 bits per heavy atom. The number of amides is 2. The summed E-state index contributed by atoms with van der Waals surface area (Å²) in [6, 6.07) is 25.1. The average Bonchev–Trinajstić information content (AvgIpc) is 3.64. The van der Waals surface area contributed by atoms with Gasteiger partial charge in [0.05, 0.1) is 6.04 Å². The predicted molar refractivity (Wildman–Crippen MR) is 120 cm³/mol. The minimum absolute atomic E-state index is 0.218. The molecule has 0 heterocycles. The van der Waals surface area contributed by atoms with E-state index in [-0.39, 0.29) is 18.3 Å². The predicted octanol–water partition coefficient (Wildman–Crippen LogP) is 5.08. The molecule has 1 aliphatic rings. The molecule has 1 saturated carbocycles. The van der Waals surface area contributed by atoms with E-state index in [0.29, 0.717) is 17.0 Å². The minimum Gasteiger partial charge on any atom is -0.368 e. The Balaban J connectivity index is 0.000000391. The van der Waals surface area contributed by atoms with Crippen molar-refractivity contribution in [3.8, 4) is 0 Å². The Kier molecular flexibility index (Phi) is 7.55. The van der Waals surface area contributed by atoms with Gasteiger partial charge in [-0.25, -0.2) is 4.39 Å². The Labute approximate surface area is 182 Å². The molecule has 3 aromatic carbocycles. The van der Waals surface area contributed by atoms with E-state index in [1.54, 1.807) is 37.3 Å². The lowest BCUT2D eigenvalue weighted by molar-refractivity contribution is -0.119. The van der Waals surface area contributed by atoms with Gasteiger partial charge in [-0.2, -0.15) is 0 Å². The number of nitrogens with two attached hydrogens (primary N) is 1. The van der Waals surface area contributed by atoms with Gasteiger partial charge in [0, 0.05) is 5.56 Å². The summed E-state index contributed by atoms with van der Waals surface area (Å²) in [7, 11) is 0. The quantitative estimate of drug-likeness (QED) is 0.607. The summed E-state index contributed by atoms with van der Waals surface area (Å²) in [5, 5.41) is 0. The number of halogens is 1. The summed E-state index contributed by atoms with van der Waals surface area (Å²) in [6.45, 7) is 1.57. The van der Waals surface area contributed by atoms with E-state index in [1.807, 2.05) is 48.5 Å². The van der Waals surface area contributed by atoms with Gasteiger partial charge in [0.15, 0.2) is 0 Å². The van der Waals surface area contributed by atoms with Crippen molar-refractivity contribution < 1.29 is 14.0 Å². The highest BCUT2D eigenvalue weighted by Crippen LogP contribution is 2.41. The maximum absolute atomic E-state index is 14.0. The van der Waals surface area contributed by atoms with Crippen LogP contribution < -0.4 is 5.73 Å². The number of benzene rings is 3. The summed E-state index contributed by atoms with van der Waals surface area (Å²) in [6.07, 6.45) is 2.12. The topological polar surface area (TPSA) is 63.4 Å². The molecular formula is C26H27FN2O2. The van der Waals surface area contributed by atoms with E-state index >= 15 is 0 Å². The number of hydrogen-bond acceptors (Lipinski definition) is 2. The molecule has 1 fully saturated rings. The van der Waals surface area contributed by atoms with Crippen LogP contribution in [0.1, 0.15) is 53.2 Å². The van der Waals surface area contributed by atoms with Crippen LogP contribution in [0.5, 0.6) is 0 Å². The largest absolute Gasteiger partial charge is 0.368 e. The molecule has 3 aromatic rings. The minimum atomic E-state index is -0.602. The fourth-order valence-corrected chi connectivity index (χ4v) is 3.39. The highest BCUT2D eigenvalue weighted by Gasteiger charge is 2.28. The van der Waals surface area contributed by atoms with Gasteiger partial charge < -0.3 is 10.6 Å². The third kappa shape index (κ3) is 6.51. The average molecular weight is 419 g/mol. The SMILES string of the molecule is CC(c1cc(F)cc(C2CC2)c1)N(CC(N)=O)C(=O)c1ccccc1.c1ccccc1. The number of rotatable bonds is 6. The summed E-state index contributed by atoms with van der Waals surface area (Å²) < 4.78 is 14.0. The Bertz CT molecular complexity index is 978. The molecular weight excluding hydrogens is 391 g/mol. The van der Waals surface area contributed by atoms with Crippen LogP contribution in [-0.2, 0) is 4.79 Å². The van der Waals surface area contributed by atoms with Gasteiger partial charge in [0.1, 0.15) is 12.4 Å². The molecule has 2 N–H and O–H groups in total. The van der Waals surface area contributed by atoms with Gasteiger partial charge in [0.2, 0.25) is 5.91 Å². The molecule has 1 unspecified atom stereocenters. The summed E-state index contributed by atoms with van der Waals surface area (Å²) in [4.78, 5) is 25.7. The molecule has 0 spiro atoms. The number of carbonyl (C=O) groups is 2. The number of hydrogen-bond donors (Lipinski definition) is 1. The second-order valence-corrected chi connectivity index (χ2v) is 7.69. The van der Waals surface area contributed by atoms with Crippen molar-refractivity contribution in [1.29, 1.82) is 0 Å². The van der Waals surface area contributed by atoms with Gasteiger partial charge in [-0.3, -0.25) is 9.59 Å². The lowest BCUT2D eigenvalue weighted by atomic mass is 10.0. The van der Waals surface area contributed by atoms with Crippen LogP contribution in [0.3, 0.4) is 0 Å². The van der Waals surface area contributed by atoms with Crippen LogP contribution in [0.25, 0.3) is 0 Å². The summed E-state index contributed by atoms with van der Waals surface area (Å²) in [5.41, 5.74) is 7.43. The van der Waals surface area contributed by atoms with E-state index < -0.39 is 11.9 Å². The normalized spacial score (nSPS) is 13.5. The maximum Gasteiger partial charge on any atom is 0.254 e. The van der Waals surface area contributed by atoms with Crippen LogP contribution in [-0.4, -0.2) is 23.3 Å². The number of carbonyl (C=O) groups excluding carboxylic acids is 2. The molecule has 160 valence electrons. The van der Waals surface area contributed by atoms with E-state index in [9.17, 15) is 14.0 Å². The van der Waals surface area contributed by atoms with Gasteiger partial charge in [0.25, 0.3) is 5.91 Å². The van der Waals surface area contributed by atoms with Gasteiger partial charge in [-0.1, -0.05) is 60.7 Å². The Hall–Kier alpha value is -3.47. The molecule has 31 heavy (non-hydrogen) atoms. The fraction of sp³-hybridized carbons (Fsp3) is 0.231. The molecule has 0 saturated heterocycles. The van der Waals surface area contributed by atoms with E-state index in [4.69, 9.17) is 5.73 Å². The Morgan fingerprint density at radius 3 is 2.03 bits per heavy atom. The third-order valence-corrected chi connectivity index (χ3v) is 5.22. The van der Waals surface area contributed by atoms with Gasteiger partial charge in [-0.15, -0.1) is 0 Å². The second kappa shape index (κ2) is 10.5. The first-order valence-corrected chi connectivity index (χ1v) is 10.4. The van der Waals surface area contributed by atoms with Crippen LogP contribution >= 0.6 is 0 Å². The fourth-order valence-electron chi connectivity index (χ4n) is 3.39. The van der Waals surface area contributed by atoms with Crippen molar-refractivity contribution in [2.45, 2.75) is 31.7 Å². The molecule has 1 aliphatic carbocycles. The molecule has 0 bridgehead atoms. The first-order valence-electron chi connectivity index (χ1n) is 10.4. The molecule has 5 heteroatoms. The Morgan fingerprint density at radius 2 is 1.52 bits per heavy atom. The van der Waals surface area contributed by atoms with Crippen LogP contribution in [0.4, 0.5) is 4.39 Å². The maximum atomic E-state index is 14.0. The van der Waals surface area contributed by atoms with E-state index in [0.717, 1.165) is 18.4 Å². The molecule has 0 radical (unpaired) electrons. The molecule has 2 amide bonds. The number of primary amides is 1. The highest BCUT2D eigenvalue weighted by atomic mass is 19.1. The first kappa shape index (κ1) is 22.2. The van der Waals surface area contributed by atoms with Crippen LogP contribution in [0.2, 0.25) is 0 Å². The molecule has 0 aliphatic heterocycles. The first-order chi connectivity index (χ1) is 15.0. The standard InChI is InChI=1S/C20H21FN2O2.C6H6/c1-13(16-9-17(14-7-8-14)11-18(21)10-16)23(12-19(22)24)20(25)15-5-3-2-4-6-15;1-2-4-6-5-3-1/h2-6,9-11,13-14H,7-8,12H2,1H3,(H2,22,24);1-6H. The van der Waals surface area contributed by atoms with Crippen molar-refractivity contribution in [2.24, 2.45) is 5.73 Å². The van der Waals surface area contributed by atoms with Crippen molar-refractivity contribution in [3.05, 3.63) is 107 Å². The lowest BCUT2D eigenvalue weighted by Crippen LogP contribution is -2.40. The molecule has 4 nitrogen and oxygen atoms in total. The zero-order valence-electron chi connectivity index (χ0n) is 17.6. The van der Waals surface area contributed by atoms with Crippen molar-refractivity contribution in [1.82, 2.24) is 4.90 Å². The van der Waals surface area contributed by atoms with Crippen molar-refractivity contribution >= 4 is 11.8 Å². The molecule has 0 aromatic heterocycles. The summed E-state index contributed by atoms with van der Waals surface area (Å²) >= 11 is 0.